The third-order valence-electron chi connectivity index (χ3n) is 2.34. The number of hydrogen-bond donors (Lipinski definition) is 3. The van der Waals surface area contributed by atoms with E-state index in [1.165, 1.54) is 0 Å². The Hall–Kier alpha value is -1.55. The van der Waals surface area contributed by atoms with E-state index in [4.69, 9.17) is 21.0 Å². The zero-order valence-electron chi connectivity index (χ0n) is 9.44. The molecule has 4 nitrogen and oxygen atoms in total. The lowest BCUT2D eigenvalue weighted by atomic mass is 10.1. The van der Waals surface area contributed by atoms with E-state index in [9.17, 15) is 0 Å². The first kappa shape index (κ1) is 12.5. The number of aliphatic hydroxyl groups is 1. The first-order valence-electron chi connectivity index (χ1n) is 5.38. The topological polar surface area (TPSA) is 79.3 Å². The number of amidine groups is 1. The molecular weight excluding hydrogens is 204 g/mol. The molecule has 88 valence electrons. The van der Waals surface area contributed by atoms with Gasteiger partial charge < -0.3 is 15.6 Å². The summed E-state index contributed by atoms with van der Waals surface area (Å²) < 4.78 is 5.65. The lowest BCUT2D eigenvalue weighted by molar-refractivity contribution is 0.253. The number of ether oxygens (including phenoxy) is 1. The third-order valence-corrected chi connectivity index (χ3v) is 2.34. The Morgan fingerprint density at radius 1 is 1.50 bits per heavy atom. The molecule has 0 bridgehead atoms. The van der Waals surface area contributed by atoms with E-state index < -0.39 is 0 Å². The molecule has 1 rings (SSSR count). The van der Waals surface area contributed by atoms with Crippen molar-refractivity contribution >= 4 is 5.84 Å². The number of benzene rings is 1. The molecule has 0 aliphatic rings. The van der Waals surface area contributed by atoms with Gasteiger partial charge in [0.2, 0.25) is 0 Å². The second kappa shape index (κ2) is 6.12. The van der Waals surface area contributed by atoms with Crippen LogP contribution in [0.5, 0.6) is 5.75 Å². The quantitative estimate of drug-likeness (QED) is 0.501. The van der Waals surface area contributed by atoms with Crippen LogP contribution in [-0.2, 0) is 6.42 Å². The monoisotopic (exact) mass is 222 g/mol. The van der Waals surface area contributed by atoms with Crippen LogP contribution in [0.4, 0.5) is 0 Å². The Bertz CT molecular complexity index is 353. The minimum atomic E-state index is -0.389. The first-order valence-corrected chi connectivity index (χ1v) is 5.38. The van der Waals surface area contributed by atoms with E-state index in [1.54, 1.807) is 0 Å². The maximum absolute atomic E-state index is 8.92. The van der Waals surface area contributed by atoms with E-state index in [0.717, 1.165) is 5.56 Å². The summed E-state index contributed by atoms with van der Waals surface area (Å²) in [5.41, 5.74) is 6.36. The summed E-state index contributed by atoms with van der Waals surface area (Å²) in [5.74, 6) is 0.722. The zero-order chi connectivity index (χ0) is 12.0. The minimum Gasteiger partial charge on any atom is -0.482 e. The van der Waals surface area contributed by atoms with E-state index in [2.05, 4.69) is 0 Å². The van der Waals surface area contributed by atoms with Crippen LogP contribution in [0.2, 0.25) is 0 Å². The number of nitrogens with one attached hydrogen (secondary N) is 1. The van der Waals surface area contributed by atoms with Gasteiger partial charge in [0, 0.05) is 6.61 Å². The van der Waals surface area contributed by atoms with Gasteiger partial charge in [0.1, 0.15) is 11.6 Å². The summed E-state index contributed by atoms with van der Waals surface area (Å²) in [6, 6.07) is 7.49. The van der Waals surface area contributed by atoms with Gasteiger partial charge in [-0.05, 0) is 24.5 Å². The summed E-state index contributed by atoms with van der Waals surface area (Å²) in [5, 5.41) is 16.3. The van der Waals surface area contributed by atoms with Crippen molar-refractivity contribution in [3.63, 3.8) is 0 Å². The highest BCUT2D eigenvalue weighted by Crippen LogP contribution is 2.20. The molecule has 4 N–H and O–H groups in total. The molecule has 0 fully saturated rings. The van der Waals surface area contributed by atoms with Gasteiger partial charge in [-0.25, -0.2) is 0 Å². The van der Waals surface area contributed by atoms with Crippen LogP contribution >= 0.6 is 0 Å². The van der Waals surface area contributed by atoms with Crippen LogP contribution in [0.1, 0.15) is 18.9 Å². The molecule has 0 aromatic heterocycles. The molecule has 1 atom stereocenters. The van der Waals surface area contributed by atoms with Crippen LogP contribution in [-0.4, -0.2) is 23.7 Å². The largest absolute Gasteiger partial charge is 0.482 e. The molecular formula is C12H18N2O2. The smallest absolute Gasteiger partial charge is 0.155 e. The Labute approximate surface area is 95.6 Å². The van der Waals surface area contributed by atoms with E-state index in [-0.39, 0.29) is 18.5 Å². The number of para-hydroxylation sites is 1. The summed E-state index contributed by atoms with van der Waals surface area (Å²) in [6.45, 7) is 2.00. The van der Waals surface area contributed by atoms with Crippen molar-refractivity contribution in [1.29, 1.82) is 5.41 Å². The van der Waals surface area contributed by atoms with E-state index in [1.807, 2.05) is 31.2 Å². The summed E-state index contributed by atoms with van der Waals surface area (Å²) in [7, 11) is 0. The summed E-state index contributed by atoms with van der Waals surface area (Å²) in [4.78, 5) is 0. The highest BCUT2D eigenvalue weighted by atomic mass is 16.5. The maximum Gasteiger partial charge on any atom is 0.155 e. The number of rotatable bonds is 6. The molecule has 16 heavy (non-hydrogen) atoms. The summed E-state index contributed by atoms with van der Waals surface area (Å²) in [6.07, 6.45) is 0.813. The number of hydrogen-bond acceptors (Lipinski definition) is 3. The Balaban J connectivity index is 2.82. The highest BCUT2D eigenvalue weighted by Gasteiger charge is 2.13. The Morgan fingerprint density at radius 3 is 2.75 bits per heavy atom. The molecule has 1 aromatic carbocycles. The number of nitrogens with two attached hydrogens (primary N) is 1. The molecule has 0 saturated carbocycles. The average Bonchev–Trinajstić information content (AvgIpc) is 2.27. The minimum absolute atomic E-state index is 0.0290. The predicted molar refractivity (Wildman–Crippen MR) is 63.9 cm³/mol. The molecule has 0 amide bonds. The first-order chi connectivity index (χ1) is 7.69. The lowest BCUT2D eigenvalue weighted by Gasteiger charge is -2.18. The van der Waals surface area contributed by atoms with Crippen molar-refractivity contribution in [2.24, 2.45) is 5.73 Å². The second-order valence-corrected chi connectivity index (χ2v) is 3.55. The van der Waals surface area contributed by atoms with Crippen LogP contribution in [0.25, 0.3) is 0 Å². The molecule has 0 heterocycles. The van der Waals surface area contributed by atoms with Crippen molar-refractivity contribution in [2.45, 2.75) is 25.9 Å². The van der Waals surface area contributed by atoms with E-state index >= 15 is 0 Å². The number of aliphatic hydroxyl groups excluding tert-OH is 1. The van der Waals surface area contributed by atoms with Gasteiger partial charge in [-0.15, -0.1) is 0 Å². The normalized spacial score (nSPS) is 12.1. The fourth-order valence-electron chi connectivity index (χ4n) is 1.47. The molecule has 0 aliphatic heterocycles. The molecule has 0 aliphatic carbocycles. The third kappa shape index (κ3) is 3.24. The van der Waals surface area contributed by atoms with Gasteiger partial charge in [-0.1, -0.05) is 25.1 Å². The van der Waals surface area contributed by atoms with E-state index in [0.29, 0.717) is 18.6 Å². The van der Waals surface area contributed by atoms with Crippen LogP contribution in [0, 0.1) is 5.41 Å². The average molecular weight is 222 g/mol. The lowest BCUT2D eigenvalue weighted by Crippen LogP contribution is -2.32. The fourth-order valence-corrected chi connectivity index (χ4v) is 1.47. The Kier molecular flexibility index (Phi) is 4.79. The van der Waals surface area contributed by atoms with Gasteiger partial charge in [0.15, 0.2) is 6.10 Å². The van der Waals surface area contributed by atoms with Crippen molar-refractivity contribution in [2.75, 3.05) is 6.61 Å². The van der Waals surface area contributed by atoms with Gasteiger partial charge in [-0.3, -0.25) is 5.41 Å². The van der Waals surface area contributed by atoms with Crippen molar-refractivity contribution < 1.29 is 9.84 Å². The van der Waals surface area contributed by atoms with Crippen LogP contribution < -0.4 is 10.5 Å². The molecule has 0 radical (unpaired) electrons. The molecule has 4 heteroatoms. The van der Waals surface area contributed by atoms with Gasteiger partial charge in [-0.2, -0.15) is 0 Å². The highest BCUT2D eigenvalue weighted by molar-refractivity contribution is 5.82. The second-order valence-electron chi connectivity index (χ2n) is 3.55. The van der Waals surface area contributed by atoms with Crippen molar-refractivity contribution in [1.82, 2.24) is 0 Å². The zero-order valence-corrected chi connectivity index (χ0v) is 9.44. The van der Waals surface area contributed by atoms with Crippen LogP contribution in [0.15, 0.2) is 24.3 Å². The molecule has 0 saturated heterocycles. The fraction of sp³-hybridized carbons (Fsp3) is 0.417. The molecule has 0 spiro atoms. The Morgan fingerprint density at radius 2 is 2.19 bits per heavy atom. The van der Waals surface area contributed by atoms with Crippen molar-refractivity contribution in [3.05, 3.63) is 29.8 Å². The van der Waals surface area contributed by atoms with Crippen molar-refractivity contribution in [3.8, 4) is 5.75 Å². The van der Waals surface area contributed by atoms with Gasteiger partial charge >= 0.3 is 0 Å². The maximum atomic E-state index is 8.92. The predicted octanol–water partition coefficient (Wildman–Crippen LogP) is 1.31. The molecule has 1 aromatic rings. The standard InChI is InChI=1S/C12H18N2O2/c1-2-10(12(13)14)16-11-6-4-3-5-9(11)7-8-15/h3-6,10,15H,2,7-8H2,1H3,(H3,13,14). The van der Waals surface area contributed by atoms with Gasteiger partial charge in [0.05, 0.1) is 0 Å². The van der Waals surface area contributed by atoms with Crippen LogP contribution in [0.3, 0.4) is 0 Å². The SMILES string of the molecule is CCC(Oc1ccccc1CCO)C(=N)N. The molecule has 1 unspecified atom stereocenters. The summed E-state index contributed by atoms with van der Waals surface area (Å²) >= 11 is 0. The van der Waals surface area contributed by atoms with Gasteiger partial charge in [0.25, 0.3) is 0 Å².